The van der Waals surface area contributed by atoms with Crippen LogP contribution in [0.5, 0.6) is 0 Å². The molecule has 39 heavy (non-hydrogen) atoms. The molecule has 1 saturated heterocycles. The second-order valence-corrected chi connectivity index (χ2v) is 11.1. The predicted octanol–water partition coefficient (Wildman–Crippen LogP) is 6.61. The molecule has 1 amide bonds. The van der Waals surface area contributed by atoms with Gasteiger partial charge in [0.2, 0.25) is 0 Å². The number of carbonyl (C=O) groups excluding carboxylic acids is 1. The van der Waals surface area contributed by atoms with Crippen LogP contribution in [0.25, 0.3) is 0 Å². The zero-order valence-corrected chi connectivity index (χ0v) is 23.8. The number of carbonyl (C=O) groups is 1. The highest BCUT2D eigenvalue weighted by Gasteiger charge is 2.19. The van der Waals surface area contributed by atoms with Crippen LogP contribution in [0.3, 0.4) is 0 Å². The van der Waals surface area contributed by atoms with E-state index in [0.29, 0.717) is 21.6 Å². The van der Waals surface area contributed by atoms with Crippen LogP contribution in [0.2, 0.25) is 5.15 Å². The number of halogens is 1. The maximum atomic E-state index is 12.7. The number of nitrogens with zero attached hydrogens (tertiary/aromatic N) is 4. The smallest absolute Gasteiger partial charge is 0.255 e. The van der Waals surface area contributed by atoms with Crippen molar-refractivity contribution in [3.63, 3.8) is 0 Å². The third-order valence-corrected chi connectivity index (χ3v) is 8.07. The highest BCUT2D eigenvalue weighted by atomic mass is 35.5. The highest BCUT2D eigenvalue weighted by molar-refractivity contribution is 7.98. The molecule has 6 nitrogen and oxygen atoms in total. The molecule has 0 aliphatic carbocycles. The van der Waals surface area contributed by atoms with Crippen molar-refractivity contribution < 1.29 is 4.79 Å². The quantitative estimate of drug-likeness (QED) is 0.149. The third kappa shape index (κ3) is 7.38. The van der Waals surface area contributed by atoms with Crippen LogP contribution in [0.1, 0.15) is 32.6 Å². The summed E-state index contributed by atoms with van der Waals surface area (Å²) in [6.45, 7) is 8.81. The number of amides is 1. The molecule has 200 valence electrons. The normalized spacial score (nSPS) is 13.9. The van der Waals surface area contributed by atoms with Gasteiger partial charge in [0.1, 0.15) is 11.0 Å². The average molecular weight is 558 g/mol. The van der Waals surface area contributed by atoms with E-state index in [0.717, 1.165) is 55.4 Å². The van der Waals surface area contributed by atoms with Gasteiger partial charge >= 0.3 is 0 Å². The summed E-state index contributed by atoms with van der Waals surface area (Å²) in [7, 11) is 0. The van der Waals surface area contributed by atoms with Crippen LogP contribution in [0, 0.1) is 13.8 Å². The molecule has 0 bridgehead atoms. The number of thioether (sulfide) groups is 1. The molecule has 8 heteroatoms. The van der Waals surface area contributed by atoms with Crippen molar-refractivity contribution in [2.45, 2.75) is 31.3 Å². The van der Waals surface area contributed by atoms with E-state index in [1.807, 2.05) is 55.5 Å². The molecule has 0 radical (unpaired) electrons. The van der Waals surface area contributed by atoms with Crippen LogP contribution in [0.4, 0.5) is 11.5 Å². The maximum Gasteiger partial charge on any atom is 0.255 e. The van der Waals surface area contributed by atoms with Crippen LogP contribution in [-0.2, 0) is 12.3 Å². The zero-order valence-electron chi connectivity index (χ0n) is 22.2. The van der Waals surface area contributed by atoms with E-state index in [1.165, 1.54) is 11.1 Å². The standard InChI is InChI=1S/C31H32ClN5OS/c1-22-8-13-27(18-23(22)2)33-30(38)26-11-9-25(10-12-26)21-39-31-34-28(32)19-29(35-31)37-16-14-36(15-17-37)20-24-6-4-3-5-7-24/h3-13,18-19H,14-17,20-21H2,1-2H3,(H,33,38). The molecular weight excluding hydrogens is 526 g/mol. The van der Waals surface area contributed by atoms with E-state index >= 15 is 0 Å². The first-order valence-electron chi connectivity index (χ1n) is 13.1. The van der Waals surface area contributed by atoms with Gasteiger partial charge in [-0.15, -0.1) is 0 Å². The summed E-state index contributed by atoms with van der Waals surface area (Å²) < 4.78 is 0. The number of benzene rings is 3. The zero-order chi connectivity index (χ0) is 27.2. The van der Waals surface area contributed by atoms with Crippen molar-refractivity contribution in [1.82, 2.24) is 14.9 Å². The fourth-order valence-corrected chi connectivity index (χ4v) is 5.55. The Balaban J connectivity index is 1.15. The summed E-state index contributed by atoms with van der Waals surface area (Å²) in [5.74, 6) is 1.43. The molecule has 1 aromatic heterocycles. The SMILES string of the molecule is Cc1ccc(NC(=O)c2ccc(CSc3nc(Cl)cc(N4CCN(Cc5ccccc5)CC4)n3)cc2)cc1C. The lowest BCUT2D eigenvalue weighted by molar-refractivity contribution is 0.102. The Morgan fingerprint density at radius 1 is 0.872 bits per heavy atom. The van der Waals surface area contributed by atoms with Gasteiger partial charge in [-0.1, -0.05) is 71.9 Å². The van der Waals surface area contributed by atoms with Crippen LogP contribution < -0.4 is 10.2 Å². The van der Waals surface area contributed by atoms with Gasteiger partial charge < -0.3 is 10.2 Å². The number of anilines is 2. The van der Waals surface area contributed by atoms with Crippen molar-refractivity contribution in [2.75, 3.05) is 36.4 Å². The molecule has 4 aromatic rings. The molecule has 5 rings (SSSR count). The van der Waals surface area contributed by atoms with Crippen molar-refractivity contribution in [3.8, 4) is 0 Å². The molecule has 1 N–H and O–H groups in total. The predicted molar refractivity (Wildman–Crippen MR) is 161 cm³/mol. The summed E-state index contributed by atoms with van der Waals surface area (Å²) in [4.78, 5) is 26.7. The van der Waals surface area contributed by atoms with Gasteiger partial charge in [0.15, 0.2) is 5.16 Å². The van der Waals surface area contributed by atoms with Gasteiger partial charge in [0.05, 0.1) is 0 Å². The number of aromatic nitrogens is 2. The topological polar surface area (TPSA) is 61.4 Å². The van der Waals surface area contributed by atoms with Crippen LogP contribution in [0.15, 0.2) is 84.0 Å². The molecule has 0 unspecified atom stereocenters. The largest absolute Gasteiger partial charge is 0.354 e. The lowest BCUT2D eigenvalue weighted by Gasteiger charge is -2.35. The van der Waals surface area contributed by atoms with Crippen molar-refractivity contribution in [3.05, 3.63) is 112 Å². The van der Waals surface area contributed by atoms with Gasteiger partial charge in [-0.25, -0.2) is 9.97 Å². The Morgan fingerprint density at radius 2 is 1.62 bits per heavy atom. The second kappa shape index (κ2) is 12.6. The molecule has 1 aliphatic rings. The van der Waals surface area contributed by atoms with E-state index in [-0.39, 0.29) is 5.91 Å². The van der Waals surface area contributed by atoms with Gasteiger partial charge in [-0.2, -0.15) is 0 Å². The third-order valence-electron chi connectivity index (χ3n) is 6.95. The number of piperazine rings is 1. The molecular formula is C31H32ClN5OS. The Hall–Kier alpha value is -3.39. The van der Waals surface area contributed by atoms with E-state index < -0.39 is 0 Å². The molecule has 0 atom stereocenters. The first kappa shape index (κ1) is 27.2. The van der Waals surface area contributed by atoms with Gasteiger partial charge in [-0.05, 0) is 60.4 Å². The van der Waals surface area contributed by atoms with Gasteiger partial charge in [-0.3, -0.25) is 9.69 Å². The van der Waals surface area contributed by atoms with Crippen molar-refractivity contribution in [1.29, 1.82) is 0 Å². The molecule has 1 fully saturated rings. The highest BCUT2D eigenvalue weighted by Crippen LogP contribution is 2.26. The number of nitrogens with one attached hydrogen (secondary N) is 1. The Morgan fingerprint density at radius 3 is 2.33 bits per heavy atom. The van der Waals surface area contributed by atoms with E-state index in [2.05, 4.69) is 57.4 Å². The van der Waals surface area contributed by atoms with E-state index in [9.17, 15) is 4.79 Å². The molecule has 2 heterocycles. The summed E-state index contributed by atoms with van der Waals surface area (Å²) in [5, 5.41) is 4.08. The maximum absolute atomic E-state index is 12.7. The van der Waals surface area contributed by atoms with Crippen LogP contribution in [-0.4, -0.2) is 47.0 Å². The van der Waals surface area contributed by atoms with Gasteiger partial charge in [0, 0.05) is 55.8 Å². The molecule has 0 spiro atoms. The van der Waals surface area contributed by atoms with Crippen molar-refractivity contribution in [2.24, 2.45) is 0 Å². The molecule has 3 aromatic carbocycles. The fourth-order valence-electron chi connectivity index (χ4n) is 4.51. The Labute approximate surface area is 239 Å². The Kier molecular flexibility index (Phi) is 8.81. The first-order chi connectivity index (χ1) is 18.9. The van der Waals surface area contributed by atoms with E-state index in [4.69, 9.17) is 16.6 Å². The Bertz CT molecular complexity index is 1420. The minimum absolute atomic E-state index is 0.121. The van der Waals surface area contributed by atoms with Gasteiger partial charge in [0.25, 0.3) is 5.91 Å². The second-order valence-electron chi connectivity index (χ2n) is 9.82. The molecule has 1 aliphatic heterocycles. The monoisotopic (exact) mass is 557 g/mol. The van der Waals surface area contributed by atoms with Crippen molar-refractivity contribution >= 4 is 40.8 Å². The van der Waals surface area contributed by atoms with E-state index in [1.54, 1.807) is 11.8 Å². The lowest BCUT2D eigenvalue weighted by atomic mass is 10.1. The average Bonchev–Trinajstić information content (AvgIpc) is 2.95. The number of hydrogen-bond donors (Lipinski definition) is 1. The molecule has 0 saturated carbocycles. The minimum atomic E-state index is -0.121. The minimum Gasteiger partial charge on any atom is -0.354 e. The number of aryl methyl sites for hydroxylation is 2. The summed E-state index contributed by atoms with van der Waals surface area (Å²) in [5.41, 5.74) is 6.19. The number of hydrogen-bond acceptors (Lipinski definition) is 6. The first-order valence-corrected chi connectivity index (χ1v) is 14.5. The lowest BCUT2D eigenvalue weighted by Crippen LogP contribution is -2.46. The summed E-state index contributed by atoms with van der Waals surface area (Å²) in [6, 6.07) is 26.0. The van der Waals surface area contributed by atoms with Crippen LogP contribution >= 0.6 is 23.4 Å². The summed E-state index contributed by atoms with van der Waals surface area (Å²) in [6.07, 6.45) is 0. The summed E-state index contributed by atoms with van der Waals surface area (Å²) >= 11 is 7.93. The fraction of sp³-hybridized carbons (Fsp3) is 0.258. The number of rotatable bonds is 8.